The van der Waals surface area contributed by atoms with Crippen LogP contribution in [0.1, 0.15) is 23.0 Å². The molecule has 4 aromatic rings. The van der Waals surface area contributed by atoms with Gasteiger partial charge in [-0.15, -0.1) is 0 Å². The summed E-state index contributed by atoms with van der Waals surface area (Å²) in [5, 5.41) is 1.30. The highest BCUT2D eigenvalue weighted by Gasteiger charge is 2.67. The molecule has 0 spiro atoms. The first-order chi connectivity index (χ1) is 17.5. The average Bonchev–Trinajstić information content (AvgIpc) is 3.53. The van der Waals surface area contributed by atoms with Crippen LogP contribution in [0.15, 0.2) is 33.5 Å². The molecule has 0 amide bonds. The molecule has 1 aliphatic carbocycles. The Morgan fingerprint density at radius 1 is 0.583 bits per heavy atom. The van der Waals surface area contributed by atoms with Crippen LogP contribution in [-0.2, 0) is 9.59 Å². The van der Waals surface area contributed by atoms with Crippen molar-refractivity contribution in [1.82, 2.24) is 0 Å². The number of hydrogen-bond acceptors (Lipinski definition) is 10. The molecule has 184 valence electrons. The predicted molar refractivity (Wildman–Crippen MR) is 122 cm³/mol. The Labute approximate surface area is 203 Å². The minimum Gasteiger partial charge on any atom is -0.496 e. The van der Waals surface area contributed by atoms with Crippen molar-refractivity contribution in [3.63, 3.8) is 0 Å². The van der Waals surface area contributed by atoms with E-state index in [2.05, 4.69) is 0 Å². The van der Waals surface area contributed by atoms with Gasteiger partial charge in [-0.25, -0.2) is 0 Å². The first kappa shape index (κ1) is 21.0. The third-order valence-electron chi connectivity index (χ3n) is 7.60. The molecular weight excluding hydrogens is 472 g/mol. The van der Waals surface area contributed by atoms with Crippen molar-refractivity contribution in [2.45, 2.75) is 11.8 Å². The van der Waals surface area contributed by atoms with E-state index in [0.717, 1.165) is 0 Å². The second kappa shape index (κ2) is 7.09. The minimum atomic E-state index is -0.694. The summed E-state index contributed by atoms with van der Waals surface area (Å²) in [7, 11) is 5.97. The Kier molecular flexibility index (Phi) is 4.14. The molecule has 0 unspecified atom stereocenters. The van der Waals surface area contributed by atoms with Gasteiger partial charge in [0, 0.05) is 23.0 Å². The number of esters is 2. The van der Waals surface area contributed by atoms with E-state index in [1.807, 2.05) is 0 Å². The third kappa shape index (κ3) is 2.27. The lowest BCUT2D eigenvalue weighted by Gasteiger charge is -2.54. The summed E-state index contributed by atoms with van der Waals surface area (Å²) in [5.41, 5.74) is 1.93. The predicted octanol–water partition coefficient (Wildman–Crippen LogP) is 4.16. The maximum Gasteiger partial charge on any atom is 0.315 e. The topological polar surface area (TPSA) is 116 Å². The van der Waals surface area contributed by atoms with Crippen molar-refractivity contribution in [2.75, 3.05) is 28.4 Å². The number of carbonyl (C=O) groups is 2. The van der Waals surface area contributed by atoms with Gasteiger partial charge in [0.25, 0.3) is 0 Å². The zero-order chi connectivity index (χ0) is 24.9. The number of rotatable bonds is 4. The van der Waals surface area contributed by atoms with Crippen molar-refractivity contribution in [1.29, 1.82) is 0 Å². The van der Waals surface area contributed by atoms with Crippen LogP contribution in [0.2, 0.25) is 0 Å². The fraction of sp³-hybridized carbons (Fsp3) is 0.308. The zero-order valence-corrected chi connectivity index (χ0v) is 19.7. The first-order valence-corrected chi connectivity index (χ1v) is 11.3. The third-order valence-corrected chi connectivity index (χ3v) is 7.60. The molecule has 0 atom stereocenters. The molecule has 1 saturated carbocycles. The summed E-state index contributed by atoms with van der Waals surface area (Å²) in [6, 6.07) is 3.49. The van der Waals surface area contributed by atoms with Crippen LogP contribution in [0, 0.1) is 11.8 Å². The second-order valence-electron chi connectivity index (χ2n) is 8.89. The molecule has 2 aromatic carbocycles. The van der Waals surface area contributed by atoms with Crippen LogP contribution >= 0.6 is 0 Å². The summed E-state index contributed by atoms with van der Waals surface area (Å²) in [4.78, 5) is 27.0. The monoisotopic (exact) mass is 492 g/mol. The van der Waals surface area contributed by atoms with Gasteiger partial charge in [-0.2, -0.15) is 0 Å². The summed E-state index contributed by atoms with van der Waals surface area (Å²) < 4.78 is 45.6. The lowest BCUT2D eigenvalue weighted by atomic mass is 9.50. The number of benzene rings is 2. The zero-order valence-electron chi connectivity index (χ0n) is 19.7. The average molecular weight is 492 g/mol. The Morgan fingerprint density at radius 3 is 1.33 bits per heavy atom. The van der Waals surface area contributed by atoms with Crippen LogP contribution in [0.25, 0.3) is 21.9 Å². The molecule has 3 aliphatic rings. The van der Waals surface area contributed by atoms with Gasteiger partial charge in [-0.1, -0.05) is 0 Å². The van der Waals surface area contributed by atoms with E-state index in [9.17, 15) is 9.59 Å². The number of furan rings is 2. The maximum absolute atomic E-state index is 13.5. The molecule has 1 fully saturated rings. The normalized spacial score (nSPS) is 23.6. The molecule has 7 rings (SSSR count). The maximum atomic E-state index is 13.5. The molecule has 0 radical (unpaired) electrons. The summed E-state index contributed by atoms with van der Waals surface area (Å²) in [6.45, 7) is 0. The summed E-state index contributed by atoms with van der Waals surface area (Å²) >= 11 is 0. The Hall–Kier alpha value is -4.34. The van der Waals surface area contributed by atoms with Crippen LogP contribution in [0.5, 0.6) is 34.5 Å². The van der Waals surface area contributed by atoms with Crippen LogP contribution in [-0.4, -0.2) is 40.4 Å². The van der Waals surface area contributed by atoms with Gasteiger partial charge >= 0.3 is 11.9 Å². The van der Waals surface area contributed by atoms with Crippen LogP contribution in [0.4, 0.5) is 0 Å². The molecule has 36 heavy (non-hydrogen) atoms. The van der Waals surface area contributed by atoms with Gasteiger partial charge in [0.2, 0.25) is 11.5 Å². The molecule has 10 nitrogen and oxygen atoms in total. The van der Waals surface area contributed by atoms with Gasteiger partial charge in [-0.3, -0.25) is 9.59 Å². The summed E-state index contributed by atoms with van der Waals surface area (Å²) in [5.74, 6) is -1.66. The van der Waals surface area contributed by atoms with E-state index in [0.29, 0.717) is 44.6 Å². The molecule has 4 heterocycles. The molecular formula is C26H20O10. The highest BCUT2D eigenvalue weighted by atomic mass is 16.6. The Bertz CT molecular complexity index is 1480. The van der Waals surface area contributed by atoms with E-state index in [-0.39, 0.29) is 23.0 Å². The van der Waals surface area contributed by atoms with Gasteiger partial charge in [-0.05, 0) is 12.1 Å². The van der Waals surface area contributed by atoms with E-state index in [1.54, 1.807) is 12.1 Å². The van der Waals surface area contributed by atoms with Crippen LogP contribution in [0.3, 0.4) is 0 Å². The van der Waals surface area contributed by atoms with Gasteiger partial charge in [0.05, 0.1) is 63.6 Å². The van der Waals surface area contributed by atoms with E-state index >= 15 is 0 Å². The Morgan fingerprint density at radius 2 is 0.972 bits per heavy atom. The fourth-order valence-corrected chi connectivity index (χ4v) is 6.28. The molecule has 0 bridgehead atoms. The first-order valence-electron chi connectivity index (χ1n) is 11.3. The van der Waals surface area contributed by atoms with Crippen LogP contribution < -0.4 is 28.4 Å². The lowest BCUT2D eigenvalue weighted by molar-refractivity contribution is -0.161. The largest absolute Gasteiger partial charge is 0.496 e. The van der Waals surface area contributed by atoms with E-state index in [1.165, 1.54) is 41.0 Å². The van der Waals surface area contributed by atoms with Crippen molar-refractivity contribution in [2.24, 2.45) is 11.8 Å². The van der Waals surface area contributed by atoms with Gasteiger partial charge in [0.15, 0.2) is 22.7 Å². The SMILES string of the molecule is COc1c2c(c(OC)c3occc13)OC(=O)C1C2C2C(=O)Oc3c(c(OC)c4ccoc4c3OC)C12. The van der Waals surface area contributed by atoms with Crippen molar-refractivity contribution < 1.29 is 46.8 Å². The lowest BCUT2D eigenvalue weighted by Crippen LogP contribution is -2.57. The molecule has 0 N–H and O–H groups in total. The van der Waals surface area contributed by atoms with E-state index < -0.39 is 35.6 Å². The smallest absolute Gasteiger partial charge is 0.315 e. The number of fused-ring (bicyclic) bond motifs is 10. The van der Waals surface area contributed by atoms with Crippen molar-refractivity contribution >= 4 is 33.9 Å². The quantitative estimate of drug-likeness (QED) is 0.304. The highest BCUT2D eigenvalue weighted by Crippen LogP contribution is 2.70. The molecule has 10 heteroatoms. The minimum absolute atomic E-state index is 0.190. The highest BCUT2D eigenvalue weighted by molar-refractivity contribution is 6.02. The van der Waals surface area contributed by atoms with Crippen molar-refractivity contribution in [3.05, 3.63) is 35.8 Å². The summed E-state index contributed by atoms with van der Waals surface area (Å²) in [6.07, 6.45) is 3.00. The number of methoxy groups -OCH3 is 4. The van der Waals surface area contributed by atoms with Crippen molar-refractivity contribution in [3.8, 4) is 34.5 Å². The second-order valence-corrected chi connectivity index (χ2v) is 8.89. The Balaban J connectivity index is 1.50. The fourth-order valence-electron chi connectivity index (χ4n) is 6.28. The number of carbonyl (C=O) groups excluding carboxylic acids is 2. The molecule has 2 aliphatic heterocycles. The number of ether oxygens (including phenoxy) is 6. The van der Waals surface area contributed by atoms with E-state index in [4.69, 9.17) is 37.3 Å². The standard InChI is InChI=1S/C26H20O10/c1-29-17-9-5-7-33-19(9)23(31-3)21-15(17)11-13(25(27)35-21)12-14(11)26(28)36-22-16(12)18(30-2)10-6-8-34-20(10)24(22)32-4/h5-8,11-14H,1-4H3. The van der Waals surface area contributed by atoms with Gasteiger partial charge in [0.1, 0.15) is 11.5 Å². The number of hydrogen-bond donors (Lipinski definition) is 0. The molecule has 0 saturated heterocycles. The molecule has 2 aromatic heterocycles. The van der Waals surface area contributed by atoms with Gasteiger partial charge < -0.3 is 37.3 Å².